The van der Waals surface area contributed by atoms with Crippen molar-refractivity contribution in [1.82, 2.24) is 0 Å². The fraction of sp³-hybridized carbons (Fsp3) is 0.250. The van der Waals surface area contributed by atoms with Gasteiger partial charge < -0.3 is 15.1 Å². The monoisotopic (exact) mass is 283 g/mol. The van der Waals surface area contributed by atoms with Gasteiger partial charge in [0, 0.05) is 17.3 Å². The molecule has 0 spiro atoms. The van der Waals surface area contributed by atoms with E-state index in [9.17, 15) is 4.79 Å². The standard InChI is InChI=1S/C16H17N3O2/c1-11(2)16(20)19-13-5-3-12(4-6-13)18-10-15-8-7-14(9-17)21-15/h3-8,11,18H,10H2,1-2H3,(H,19,20). The van der Waals surface area contributed by atoms with Crippen molar-refractivity contribution in [3.05, 3.63) is 47.9 Å². The Balaban J connectivity index is 1.90. The number of amides is 1. The minimum Gasteiger partial charge on any atom is -0.449 e. The predicted molar refractivity (Wildman–Crippen MR) is 80.7 cm³/mol. The number of hydrogen-bond donors (Lipinski definition) is 2. The van der Waals surface area contributed by atoms with E-state index in [1.807, 2.05) is 44.2 Å². The molecule has 0 bridgehead atoms. The van der Waals surface area contributed by atoms with Crippen LogP contribution in [0.1, 0.15) is 25.4 Å². The zero-order valence-electron chi connectivity index (χ0n) is 12.0. The Bertz CT molecular complexity index is 651. The average molecular weight is 283 g/mol. The van der Waals surface area contributed by atoms with Crippen LogP contribution in [0.3, 0.4) is 0 Å². The topological polar surface area (TPSA) is 78.1 Å². The summed E-state index contributed by atoms with van der Waals surface area (Å²) in [6, 6.07) is 12.8. The van der Waals surface area contributed by atoms with E-state index in [0.717, 1.165) is 11.4 Å². The first-order chi connectivity index (χ1) is 10.1. The van der Waals surface area contributed by atoms with Crippen LogP contribution in [-0.4, -0.2) is 5.91 Å². The summed E-state index contributed by atoms with van der Waals surface area (Å²) in [5.41, 5.74) is 1.68. The minimum absolute atomic E-state index is 0.00433. The number of carbonyl (C=O) groups excluding carboxylic acids is 1. The SMILES string of the molecule is CC(C)C(=O)Nc1ccc(NCc2ccc(C#N)o2)cc1. The van der Waals surface area contributed by atoms with Gasteiger partial charge in [-0.2, -0.15) is 5.26 Å². The molecular weight excluding hydrogens is 266 g/mol. The number of nitrogens with one attached hydrogen (secondary N) is 2. The van der Waals surface area contributed by atoms with Gasteiger partial charge in [-0.15, -0.1) is 0 Å². The van der Waals surface area contributed by atoms with Crippen molar-refractivity contribution >= 4 is 17.3 Å². The summed E-state index contributed by atoms with van der Waals surface area (Å²) in [5, 5.41) is 14.7. The maximum Gasteiger partial charge on any atom is 0.226 e. The molecule has 0 aliphatic carbocycles. The number of nitrogens with zero attached hydrogens (tertiary/aromatic N) is 1. The molecule has 5 nitrogen and oxygen atoms in total. The van der Waals surface area contributed by atoms with Gasteiger partial charge in [0.15, 0.2) is 0 Å². The Labute approximate surface area is 123 Å². The van der Waals surface area contributed by atoms with Crippen LogP contribution in [0.2, 0.25) is 0 Å². The maximum atomic E-state index is 11.6. The summed E-state index contributed by atoms with van der Waals surface area (Å²) in [4.78, 5) is 11.6. The van der Waals surface area contributed by atoms with E-state index in [-0.39, 0.29) is 11.8 Å². The minimum atomic E-state index is -0.0453. The molecule has 0 saturated carbocycles. The number of benzene rings is 1. The van der Waals surface area contributed by atoms with Crippen molar-refractivity contribution in [2.24, 2.45) is 5.92 Å². The highest BCUT2D eigenvalue weighted by molar-refractivity contribution is 5.92. The summed E-state index contributed by atoms with van der Waals surface area (Å²) < 4.78 is 5.28. The van der Waals surface area contributed by atoms with Gasteiger partial charge in [0.2, 0.25) is 11.7 Å². The number of anilines is 2. The molecule has 0 atom stereocenters. The molecule has 1 amide bonds. The van der Waals surface area contributed by atoms with E-state index in [0.29, 0.717) is 18.1 Å². The molecule has 2 rings (SSSR count). The number of carbonyl (C=O) groups is 1. The van der Waals surface area contributed by atoms with Gasteiger partial charge >= 0.3 is 0 Å². The second-order valence-corrected chi connectivity index (χ2v) is 4.95. The van der Waals surface area contributed by atoms with Gasteiger partial charge in [0.25, 0.3) is 0 Å². The second-order valence-electron chi connectivity index (χ2n) is 4.95. The summed E-state index contributed by atoms with van der Waals surface area (Å²) in [5.74, 6) is 0.952. The van der Waals surface area contributed by atoms with Crippen molar-refractivity contribution in [3.63, 3.8) is 0 Å². The van der Waals surface area contributed by atoms with Crippen LogP contribution in [0.5, 0.6) is 0 Å². The van der Waals surface area contributed by atoms with E-state index >= 15 is 0 Å². The smallest absolute Gasteiger partial charge is 0.226 e. The second kappa shape index (κ2) is 6.62. The Hall–Kier alpha value is -2.74. The predicted octanol–water partition coefficient (Wildman–Crippen LogP) is 3.36. The van der Waals surface area contributed by atoms with Gasteiger partial charge in [-0.3, -0.25) is 4.79 Å². The van der Waals surface area contributed by atoms with Gasteiger partial charge in [-0.05, 0) is 36.4 Å². The Morgan fingerprint density at radius 1 is 1.19 bits per heavy atom. The first-order valence-corrected chi connectivity index (χ1v) is 6.72. The van der Waals surface area contributed by atoms with Crippen LogP contribution in [0.25, 0.3) is 0 Å². The molecular formula is C16H17N3O2. The van der Waals surface area contributed by atoms with Crippen LogP contribution in [0.4, 0.5) is 11.4 Å². The Morgan fingerprint density at radius 2 is 1.86 bits per heavy atom. The molecule has 0 aliphatic rings. The molecule has 0 unspecified atom stereocenters. The zero-order chi connectivity index (χ0) is 15.2. The van der Waals surface area contributed by atoms with Crippen molar-refractivity contribution < 1.29 is 9.21 Å². The highest BCUT2D eigenvalue weighted by Gasteiger charge is 2.06. The molecule has 21 heavy (non-hydrogen) atoms. The molecule has 108 valence electrons. The summed E-state index contributed by atoms with van der Waals surface area (Å²) >= 11 is 0. The zero-order valence-corrected chi connectivity index (χ0v) is 12.0. The summed E-state index contributed by atoms with van der Waals surface area (Å²) in [7, 11) is 0. The molecule has 2 aromatic rings. The molecule has 0 aliphatic heterocycles. The number of nitriles is 1. The van der Waals surface area contributed by atoms with Crippen LogP contribution in [0.15, 0.2) is 40.8 Å². The van der Waals surface area contributed by atoms with Crippen molar-refractivity contribution in [2.45, 2.75) is 20.4 Å². The normalized spacial score (nSPS) is 10.2. The lowest BCUT2D eigenvalue weighted by atomic mass is 10.2. The lowest BCUT2D eigenvalue weighted by molar-refractivity contribution is -0.118. The third-order valence-electron chi connectivity index (χ3n) is 2.92. The molecule has 0 fully saturated rings. The van der Waals surface area contributed by atoms with E-state index in [2.05, 4.69) is 10.6 Å². The van der Waals surface area contributed by atoms with E-state index < -0.39 is 0 Å². The molecule has 1 heterocycles. The molecule has 0 saturated heterocycles. The van der Waals surface area contributed by atoms with Crippen molar-refractivity contribution in [3.8, 4) is 6.07 Å². The first-order valence-electron chi connectivity index (χ1n) is 6.72. The Morgan fingerprint density at radius 3 is 2.43 bits per heavy atom. The van der Waals surface area contributed by atoms with Crippen molar-refractivity contribution in [1.29, 1.82) is 5.26 Å². The molecule has 1 aromatic heterocycles. The highest BCUT2D eigenvalue weighted by Crippen LogP contribution is 2.16. The largest absolute Gasteiger partial charge is 0.449 e. The lowest BCUT2D eigenvalue weighted by Gasteiger charge is -2.09. The highest BCUT2D eigenvalue weighted by atomic mass is 16.3. The third kappa shape index (κ3) is 4.11. The number of hydrogen-bond acceptors (Lipinski definition) is 4. The molecule has 2 N–H and O–H groups in total. The summed E-state index contributed by atoms with van der Waals surface area (Å²) in [6.45, 7) is 4.20. The quantitative estimate of drug-likeness (QED) is 0.882. The maximum absolute atomic E-state index is 11.6. The average Bonchev–Trinajstić information content (AvgIpc) is 2.94. The van der Waals surface area contributed by atoms with Gasteiger partial charge in [-0.25, -0.2) is 0 Å². The van der Waals surface area contributed by atoms with Crippen LogP contribution >= 0.6 is 0 Å². The van der Waals surface area contributed by atoms with Gasteiger partial charge in [-0.1, -0.05) is 13.8 Å². The molecule has 1 aromatic carbocycles. The number of rotatable bonds is 5. The fourth-order valence-corrected chi connectivity index (χ4v) is 1.68. The van der Waals surface area contributed by atoms with Crippen LogP contribution in [0, 0.1) is 17.2 Å². The van der Waals surface area contributed by atoms with E-state index in [4.69, 9.17) is 9.68 Å². The van der Waals surface area contributed by atoms with Gasteiger partial charge in [0.1, 0.15) is 11.8 Å². The third-order valence-corrected chi connectivity index (χ3v) is 2.92. The van der Waals surface area contributed by atoms with Gasteiger partial charge in [0.05, 0.1) is 6.54 Å². The number of furan rings is 1. The molecule has 0 radical (unpaired) electrons. The first kappa shape index (κ1) is 14.7. The fourth-order valence-electron chi connectivity index (χ4n) is 1.68. The van der Waals surface area contributed by atoms with Crippen LogP contribution in [-0.2, 0) is 11.3 Å². The lowest BCUT2D eigenvalue weighted by Crippen LogP contribution is -2.17. The Kier molecular flexibility index (Phi) is 4.62. The summed E-state index contributed by atoms with van der Waals surface area (Å²) in [6.07, 6.45) is 0. The van der Waals surface area contributed by atoms with E-state index in [1.54, 1.807) is 12.1 Å². The molecule has 5 heteroatoms. The van der Waals surface area contributed by atoms with Crippen LogP contribution < -0.4 is 10.6 Å². The van der Waals surface area contributed by atoms with E-state index in [1.165, 1.54) is 0 Å². The van der Waals surface area contributed by atoms with Crippen molar-refractivity contribution in [2.75, 3.05) is 10.6 Å².